The minimum Gasteiger partial charge on any atom is -0.494 e. The lowest BCUT2D eigenvalue weighted by molar-refractivity contribution is 0.0952. The SMILES string of the molecule is CCOc1ccc(C(=O)NCCn2ncc3c(=O)n(Cc4ccc(Br)cc4)cnc32)cc1. The van der Waals surface area contributed by atoms with Crippen molar-refractivity contribution >= 4 is 32.9 Å². The van der Waals surface area contributed by atoms with Gasteiger partial charge in [-0.3, -0.25) is 14.2 Å². The molecule has 0 aliphatic carbocycles. The van der Waals surface area contributed by atoms with E-state index in [1.165, 1.54) is 12.5 Å². The van der Waals surface area contributed by atoms with Crippen LogP contribution in [0.2, 0.25) is 0 Å². The van der Waals surface area contributed by atoms with Crippen LogP contribution in [0.5, 0.6) is 5.75 Å². The van der Waals surface area contributed by atoms with Crippen molar-refractivity contribution in [1.82, 2.24) is 24.6 Å². The average molecular weight is 496 g/mol. The number of nitrogens with one attached hydrogen (secondary N) is 1. The summed E-state index contributed by atoms with van der Waals surface area (Å²) >= 11 is 3.41. The van der Waals surface area contributed by atoms with Crippen molar-refractivity contribution in [2.24, 2.45) is 0 Å². The highest BCUT2D eigenvalue weighted by molar-refractivity contribution is 9.10. The first-order valence-electron chi connectivity index (χ1n) is 10.2. The van der Waals surface area contributed by atoms with Gasteiger partial charge in [-0.1, -0.05) is 28.1 Å². The molecular weight excluding hydrogens is 474 g/mol. The summed E-state index contributed by atoms with van der Waals surface area (Å²) in [7, 11) is 0. The number of carbonyl (C=O) groups is 1. The Morgan fingerprint density at radius 1 is 1.12 bits per heavy atom. The van der Waals surface area contributed by atoms with Gasteiger partial charge in [0.25, 0.3) is 11.5 Å². The highest BCUT2D eigenvalue weighted by Gasteiger charge is 2.11. The van der Waals surface area contributed by atoms with Crippen LogP contribution in [0.4, 0.5) is 0 Å². The van der Waals surface area contributed by atoms with Crippen molar-refractivity contribution in [2.75, 3.05) is 13.2 Å². The van der Waals surface area contributed by atoms with Crippen LogP contribution in [0.3, 0.4) is 0 Å². The minimum absolute atomic E-state index is 0.150. The molecule has 9 heteroatoms. The molecule has 4 rings (SSSR count). The molecule has 1 N–H and O–H groups in total. The second-order valence-corrected chi connectivity index (χ2v) is 8.04. The molecule has 0 unspecified atom stereocenters. The normalized spacial score (nSPS) is 10.9. The summed E-state index contributed by atoms with van der Waals surface area (Å²) in [5.74, 6) is 0.540. The lowest BCUT2D eigenvalue weighted by Gasteiger charge is -2.08. The Bertz CT molecular complexity index is 1280. The zero-order valence-corrected chi connectivity index (χ0v) is 19.1. The first-order chi connectivity index (χ1) is 15.5. The van der Waals surface area contributed by atoms with Crippen molar-refractivity contribution in [2.45, 2.75) is 20.0 Å². The summed E-state index contributed by atoms with van der Waals surface area (Å²) in [6.45, 7) is 3.67. The molecule has 32 heavy (non-hydrogen) atoms. The predicted octanol–water partition coefficient (Wildman–Crippen LogP) is 3.23. The van der Waals surface area contributed by atoms with Crippen molar-refractivity contribution in [3.05, 3.63) is 87.0 Å². The highest BCUT2D eigenvalue weighted by Crippen LogP contribution is 2.13. The van der Waals surface area contributed by atoms with Gasteiger partial charge in [-0.05, 0) is 48.9 Å². The average Bonchev–Trinajstić information content (AvgIpc) is 3.21. The molecule has 0 atom stereocenters. The van der Waals surface area contributed by atoms with E-state index in [1.54, 1.807) is 33.5 Å². The van der Waals surface area contributed by atoms with Crippen LogP contribution in [0.25, 0.3) is 11.0 Å². The largest absolute Gasteiger partial charge is 0.494 e. The lowest BCUT2D eigenvalue weighted by Crippen LogP contribution is -2.27. The standard InChI is InChI=1S/C23H22BrN5O3/c1-2-32-19-9-5-17(6-10-19)22(30)25-11-12-29-21-20(13-27-29)23(31)28(15-26-21)14-16-3-7-18(24)8-4-16/h3-10,13,15H,2,11-12,14H2,1H3,(H,25,30). The third-order valence-corrected chi connectivity index (χ3v) is 5.45. The molecule has 2 heterocycles. The maximum Gasteiger partial charge on any atom is 0.264 e. The van der Waals surface area contributed by atoms with E-state index in [0.29, 0.717) is 42.8 Å². The molecule has 0 fully saturated rings. The first kappa shape index (κ1) is 21.8. The Morgan fingerprint density at radius 3 is 2.59 bits per heavy atom. The Morgan fingerprint density at radius 2 is 1.88 bits per heavy atom. The molecule has 0 aliphatic rings. The third-order valence-electron chi connectivity index (χ3n) is 4.93. The molecule has 164 valence electrons. The number of benzene rings is 2. The molecular formula is C23H22BrN5O3. The number of carbonyl (C=O) groups excluding carboxylic acids is 1. The van der Waals surface area contributed by atoms with Crippen LogP contribution in [-0.4, -0.2) is 38.4 Å². The van der Waals surface area contributed by atoms with Gasteiger partial charge in [0.1, 0.15) is 17.5 Å². The molecule has 4 aromatic rings. The van der Waals surface area contributed by atoms with E-state index in [1.807, 2.05) is 31.2 Å². The fourth-order valence-electron chi connectivity index (χ4n) is 3.31. The van der Waals surface area contributed by atoms with Gasteiger partial charge >= 0.3 is 0 Å². The number of nitrogens with zero attached hydrogens (tertiary/aromatic N) is 4. The number of aromatic nitrogens is 4. The van der Waals surface area contributed by atoms with Gasteiger partial charge in [-0.15, -0.1) is 0 Å². The molecule has 0 bridgehead atoms. The second-order valence-electron chi connectivity index (χ2n) is 7.12. The van der Waals surface area contributed by atoms with Crippen LogP contribution in [-0.2, 0) is 13.1 Å². The highest BCUT2D eigenvalue weighted by atomic mass is 79.9. The van der Waals surface area contributed by atoms with Crippen LogP contribution < -0.4 is 15.6 Å². The molecule has 0 radical (unpaired) electrons. The van der Waals surface area contributed by atoms with E-state index in [-0.39, 0.29) is 11.5 Å². The van der Waals surface area contributed by atoms with Crippen LogP contribution in [0, 0.1) is 0 Å². The van der Waals surface area contributed by atoms with E-state index in [4.69, 9.17) is 4.74 Å². The molecule has 0 saturated heterocycles. The Hall–Kier alpha value is -3.46. The summed E-state index contributed by atoms with van der Waals surface area (Å²) in [6.07, 6.45) is 3.06. The zero-order chi connectivity index (χ0) is 22.5. The minimum atomic E-state index is -0.186. The van der Waals surface area contributed by atoms with Crippen molar-refractivity contribution in [3.63, 3.8) is 0 Å². The van der Waals surface area contributed by atoms with Gasteiger partial charge < -0.3 is 10.1 Å². The molecule has 1 amide bonds. The van der Waals surface area contributed by atoms with Gasteiger partial charge in [-0.2, -0.15) is 5.10 Å². The van der Waals surface area contributed by atoms with Gasteiger partial charge in [0.05, 0.1) is 25.9 Å². The number of rotatable bonds is 8. The predicted molar refractivity (Wildman–Crippen MR) is 125 cm³/mol. The van der Waals surface area contributed by atoms with Gasteiger partial charge in [0, 0.05) is 16.6 Å². The summed E-state index contributed by atoms with van der Waals surface area (Å²) < 4.78 is 9.56. The monoisotopic (exact) mass is 495 g/mol. The number of ether oxygens (including phenoxy) is 1. The maximum absolute atomic E-state index is 12.8. The summed E-state index contributed by atoms with van der Waals surface area (Å²) in [5, 5.41) is 7.59. The van der Waals surface area contributed by atoms with Crippen LogP contribution in [0.15, 0.2) is 70.3 Å². The summed E-state index contributed by atoms with van der Waals surface area (Å²) in [6, 6.07) is 14.8. The van der Waals surface area contributed by atoms with E-state index in [0.717, 1.165) is 15.8 Å². The number of fused-ring (bicyclic) bond motifs is 1. The molecule has 0 aliphatic heterocycles. The van der Waals surface area contributed by atoms with Crippen LogP contribution in [0.1, 0.15) is 22.8 Å². The first-order valence-corrected chi connectivity index (χ1v) is 11.0. The Balaban J connectivity index is 1.40. The van der Waals surface area contributed by atoms with Gasteiger partial charge in [0.2, 0.25) is 0 Å². The topological polar surface area (TPSA) is 91.0 Å². The number of halogens is 1. The Labute approximate surface area is 193 Å². The third kappa shape index (κ3) is 4.88. The van der Waals surface area contributed by atoms with Gasteiger partial charge in [0.15, 0.2) is 5.65 Å². The number of amides is 1. The summed E-state index contributed by atoms with van der Waals surface area (Å²) in [4.78, 5) is 29.6. The molecule has 0 saturated carbocycles. The lowest BCUT2D eigenvalue weighted by atomic mass is 10.2. The second kappa shape index (κ2) is 9.78. The molecule has 2 aromatic heterocycles. The van der Waals surface area contributed by atoms with E-state index in [2.05, 4.69) is 31.3 Å². The van der Waals surface area contributed by atoms with Crippen molar-refractivity contribution in [1.29, 1.82) is 0 Å². The van der Waals surface area contributed by atoms with E-state index < -0.39 is 0 Å². The zero-order valence-electron chi connectivity index (χ0n) is 17.5. The molecule has 0 spiro atoms. The maximum atomic E-state index is 12.8. The smallest absolute Gasteiger partial charge is 0.264 e. The Kier molecular flexibility index (Phi) is 6.65. The van der Waals surface area contributed by atoms with Crippen molar-refractivity contribution < 1.29 is 9.53 Å². The number of hydrogen-bond donors (Lipinski definition) is 1. The summed E-state index contributed by atoms with van der Waals surface area (Å²) in [5.41, 5.74) is 1.90. The fourth-order valence-corrected chi connectivity index (χ4v) is 3.57. The molecule has 8 nitrogen and oxygen atoms in total. The van der Waals surface area contributed by atoms with Gasteiger partial charge in [-0.25, -0.2) is 9.67 Å². The fraction of sp³-hybridized carbons (Fsp3) is 0.217. The molecule has 2 aromatic carbocycles. The van der Waals surface area contributed by atoms with Crippen molar-refractivity contribution in [3.8, 4) is 5.75 Å². The van der Waals surface area contributed by atoms with E-state index >= 15 is 0 Å². The van der Waals surface area contributed by atoms with E-state index in [9.17, 15) is 9.59 Å². The van der Waals surface area contributed by atoms with Crippen LogP contribution >= 0.6 is 15.9 Å². The number of hydrogen-bond acceptors (Lipinski definition) is 5. The quantitative estimate of drug-likeness (QED) is 0.405.